The second-order valence-electron chi connectivity index (χ2n) is 7.48. The molecule has 1 N–H and O–H groups in total. The highest BCUT2D eigenvalue weighted by molar-refractivity contribution is 6.46. The summed E-state index contributed by atoms with van der Waals surface area (Å²) in [5.41, 5.74) is 0.837. The molecule has 1 unspecified atom stereocenters. The van der Waals surface area contributed by atoms with Crippen molar-refractivity contribution in [1.82, 2.24) is 4.90 Å². The van der Waals surface area contributed by atoms with Crippen LogP contribution in [0, 0.1) is 0 Å². The monoisotopic (exact) mass is 439 g/mol. The summed E-state index contributed by atoms with van der Waals surface area (Å²) < 4.78 is 16.4. The van der Waals surface area contributed by atoms with Crippen LogP contribution in [0.2, 0.25) is 0 Å². The third-order valence-electron chi connectivity index (χ3n) is 5.64. The maximum atomic E-state index is 13.2. The predicted molar refractivity (Wildman–Crippen MR) is 121 cm³/mol. The summed E-state index contributed by atoms with van der Waals surface area (Å²) in [5, 5.41) is 11.4. The summed E-state index contributed by atoms with van der Waals surface area (Å²) >= 11 is 0. The molecule has 0 spiro atoms. The summed E-state index contributed by atoms with van der Waals surface area (Å²) in [4.78, 5) is 27.8. The zero-order chi connectivity index (χ0) is 23.3. The number of ether oxygens (including phenoxy) is 3. The van der Waals surface area contributed by atoms with Crippen LogP contribution in [-0.4, -0.2) is 49.6 Å². The largest absolute Gasteiger partial charge is 0.506 e. The van der Waals surface area contributed by atoms with Crippen LogP contribution in [0.5, 0.6) is 17.2 Å². The van der Waals surface area contributed by atoms with Gasteiger partial charge in [0.1, 0.15) is 28.6 Å². The molecule has 1 saturated heterocycles. The molecule has 0 aliphatic carbocycles. The Bertz CT molecular complexity index is 1010. The Morgan fingerprint density at radius 2 is 1.50 bits per heavy atom. The van der Waals surface area contributed by atoms with E-state index in [1.807, 2.05) is 12.1 Å². The first kappa shape index (κ1) is 23.2. The molecule has 1 aliphatic rings. The van der Waals surface area contributed by atoms with Gasteiger partial charge in [0.05, 0.1) is 32.9 Å². The van der Waals surface area contributed by atoms with Gasteiger partial charge in [0.15, 0.2) is 0 Å². The Hall–Kier alpha value is -3.48. The third-order valence-corrected chi connectivity index (χ3v) is 5.64. The van der Waals surface area contributed by atoms with Crippen LogP contribution >= 0.6 is 0 Å². The van der Waals surface area contributed by atoms with Crippen LogP contribution in [0.4, 0.5) is 0 Å². The first-order valence-corrected chi connectivity index (χ1v) is 10.6. The molecule has 7 nitrogen and oxygen atoms in total. The molecule has 1 atom stereocenters. The molecule has 170 valence electrons. The Kier molecular flexibility index (Phi) is 7.41. The van der Waals surface area contributed by atoms with Crippen LogP contribution in [0.25, 0.3) is 5.76 Å². The van der Waals surface area contributed by atoms with E-state index in [9.17, 15) is 14.7 Å². The number of Topliss-reactive ketones (excluding diaryl/α,β-unsaturated/α-hetero) is 1. The maximum Gasteiger partial charge on any atom is 0.295 e. The molecular formula is C25H29NO6. The standard InChI is InChI=1S/C25H29NO6/c1-5-6-9-15-26-22(16-11-7-8-12-17(16)30-2)21(24(28)25(26)29)23(27)20-18(31-3)13-10-14-19(20)32-4/h7-8,10-14,22,27H,5-6,9,15H2,1-4H3/b23-21+. The van der Waals surface area contributed by atoms with Gasteiger partial charge in [0.2, 0.25) is 0 Å². The van der Waals surface area contributed by atoms with Gasteiger partial charge in [0.25, 0.3) is 11.7 Å². The summed E-state index contributed by atoms with van der Waals surface area (Å²) in [7, 11) is 4.46. The molecule has 7 heteroatoms. The van der Waals surface area contributed by atoms with E-state index in [0.717, 1.165) is 19.3 Å². The van der Waals surface area contributed by atoms with Crippen molar-refractivity contribution in [2.24, 2.45) is 0 Å². The fraction of sp³-hybridized carbons (Fsp3) is 0.360. The van der Waals surface area contributed by atoms with Crippen molar-refractivity contribution in [3.63, 3.8) is 0 Å². The number of benzene rings is 2. The summed E-state index contributed by atoms with van der Waals surface area (Å²) in [6.45, 7) is 2.46. The van der Waals surface area contributed by atoms with Gasteiger partial charge in [-0.25, -0.2) is 0 Å². The Morgan fingerprint density at radius 1 is 0.906 bits per heavy atom. The second kappa shape index (κ2) is 10.2. The van der Waals surface area contributed by atoms with E-state index in [1.165, 1.54) is 26.2 Å². The van der Waals surface area contributed by atoms with Crippen molar-refractivity contribution >= 4 is 17.4 Å². The molecule has 3 rings (SSSR count). The van der Waals surface area contributed by atoms with Gasteiger partial charge in [-0.3, -0.25) is 9.59 Å². The van der Waals surface area contributed by atoms with E-state index in [2.05, 4.69) is 6.92 Å². The number of carbonyl (C=O) groups is 2. The van der Waals surface area contributed by atoms with Gasteiger partial charge in [-0.2, -0.15) is 0 Å². The summed E-state index contributed by atoms with van der Waals surface area (Å²) in [6.07, 6.45) is 2.64. The topological polar surface area (TPSA) is 85.3 Å². The Balaban J connectivity index is 2.27. The van der Waals surface area contributed by atoms with Crippen molar-refractivity contribution < 1.29 is 28.9 Å². The minimum Gasteiger partial charge on any atom is -0.506 e. The SMILES string of the molecule is CCCCCN1C(=O)C(=O)/C(=C(/O)c2c(OC)cccc2OC)C1c1ccccc1OC. The average molecular weight is 440 g/mol. The zero-order valence-electron chi connectivity index (χ0n) is 18.9. The number of amides is 1. The number of carbonyl (C=O) groups excluding carboxylic acids is 2. The molecule has 32 heavy (non-hydrogen) atoms. The lowest BCUT2D eigenvalue weighted by molar-refractivity contribution is -0.139. The lowest BCUT2D eigenvalue weighted by Crippen LogP contribution is -2.30. The van der Waals surface area contributed by atoms with Crippen LogP contribution in [0.1, 0.15) is 43.4 Å². The zero-order valence-corrected chi connectivity index (χ0v) is 18.9. The van der Waals surface area contributed by atoms with E-state index in [-0.39, 0.29) is 16.9 Å². The molecule has 2 aromatic rings. The molecule has 1 amide bonds. The van der Waals surface area contributed by atoms with Crippen molar-refractivity contribution in [2.45, 2.75) is 32.2 Å². The predicted octanol–water partition coefficient (Wildman–Crippen LogP) is 4.32. The smallest absolute Gasteiger partial charge is 0.295 e. The number of ketones is 1. The lowest BCUT2D eigenvalue weighted by atomic mass is 9.94. The van der Waals surface area contributed by atoms with Crippen molar-refractivity contribution in [3.8, 4) is 17.2 Å². The normalized spacial score (nSPS) is 17.5. The van der Waals surface area contributed by atoms with E-state index in [0.29, 0.717) is 29.4 Å². The van der Waals surface area contributed by atoms with Crippen molar-refractivity contribution in [1.29, 1.82) is 0 Å². The number of unbranched alkanes of at least 4 members (excludes halogenated alkanes) is 2. The number of aliphatic hydroxyl groups excluding tert-OH is 1. The molecule has 0 bridgehead atoms. The van der Waals surface area contributed by atoms with Gasteiger partial charge >= 0.3 is 0 Å². The Labute approximate surface area is 188 Å². The fourth-order valence-electron chi connectivity index (χ4n) is 4.08. The Morgan fingerprint density at radius 3 is 2.09 bits per heavy atom. The maximum absolute atomic E-state index is 13.2. The van der Waals surface area contributed by atoms with Crippen LogP contribution in [-0.2, 0) is 9.59 Å². The fourth-order valence-corrected chi connectivity index (χ4v) is 4.08. The number of aliphatic hydroxyl groups is 1. The number of hydrogen-bond donors (Lipinski definition) is 1. The highest BCUT2D eigenvalue weighted by Gasteiger charge is 2.47. The molecule has 0 saturated carbocycles. The molecule has 1 heterocycles. The number of likely N-dealkylation sites (tertiary alicyclic amines) is 1. The van der Waals surface area contributed by atoms with E-state index in [1.54, 1.807) is 30.3 Å². The van der Waals surface area contributed by atoms with Crippen molar-refractivity contribution in [2.75, 3.05) is 27.9 Å². The lowest BCUT2D eigenvalue weighted by Gasteiger charge is -2.26. The molecule has 1 fully saturated rings. The third kappa shape index (κ3) is 4.15. The van der Waals surface area contributed by atoms with E-state index >= 15 is 0 Å². The average Bonchev–Trinajstić information content (AvgIpc) is 3.07. The van der Waals surface area contributed by atoms with Gasteiger partial charge in [-0.15, -0.1) is 0 Å². The number of para-hydroxylation sites is 1. The number of hydrogen-bond acceptors (Lipinski definition) is 6. The van der Waals surface area contributed by atoms with E-state index in [4.69, 9.17) is 14.2 Å². The second-order valence-corrected chi connectivity index (χ2v) is 7.48. The quantitative estimate of drug-likeness (QED) is 0.271. The number of methoxy groups -OCH3 is 3. The minimum atomic E-state index is -0.794. The first-order chi connectivity index (χ1) is 15.5. The van der Waals surface area contributed by atoms with Crippen molar-refractivity contribution in [3.05, 3.63) is 59.2 Å². The molecule has 2 aromatic carbocycles. The van der Waals surface area contributed by atoms with Gasteiger partial charge in [-0.05, 0) is 24.6 Å². The first-order valence-electron chi connectivity index (χ1n) is 10.6. The highest BCUT2D eigenvalue weighted by atomic mass is 16.5. The minimum absolute atomic E-state index is 0.0150. The van der Waals surface area contributed by atoms with Crippen LogP contribution in [0.3, 0.4) is 0 Å². The summed E-state index contributed by atoms with van der Waals surface area (Å²) in [5.74, 6) is -0.546. The van der Waals surface area contributed by atoms with Crippen LogP contribution < -0.4 is 14.2 Å². The molecular weight excluding hydrogens is 410 g/mol. The number of rotatable bonds is 9. The molecule has 1 aliphatic heterocycles. The van der Waals surface area contributed by atoms with Gasteiger partial charge in [-0.1, -0.05) is 44.0 Å². The molecule has 0 radical (unpaired) electrons. The summed E-state index contributed by atoms with van der Waals surface area (Å²) in [6, 6.07) is 11.4. The highest BCUT2D eigenvalue weighted by Crippen LogP contribution is 2.45. The van der Waals surface area contributed by atoms with Gasteiger partial charge in [0, 0.05) is 12.1 Å². The van der Waals surface area contributed by atoms with Gasteiger partial charge < -0.3 is 24.2 Å². The van der Waals surface area contributed by atoms with Crippen LogP contribution in [0.15, 0.2) is 48.0 Å². The number of nitrogens with zero attached hydrogens (tertiary/aromatic N) is 1. The molecule has 0 aromatic heterocycles. The van der Waals surface area contributed by atoms with E-state index < -0.39 is 17.7 Å².